The number of hydrogen-bond donors (Lipinski definition) is 0. The molecule has 0 aliphatic heterocycles. The highest BCUT2D eigenvalue weighted by Gasteiger charge is 2.17. The molecule has 118 valence electrons. The fourth-order valence-electron chi connectivity index (χ4n) is 2.78. The van der Waals surface area contributed by atoms with E-state index in [-0.39, 0.29) is 5.91 Å². The number of aromatic nitrogens is 1. The lowest BCUT2D eigenvalue weighted by atomic mass is 10.1. The van der Waals surface area contributed by atoms with E-state index in [1.165, 1.54) is 16.9 Å². The van der Waals surface area contributed by atoms with Gasteiger partial charge in [0.05, 0.1) is 10.4 Å². The predicted octanol–water partition coefficient (Wildman–Crippen LogP) is 5.03. The number of thiophene rings is 1. The first-order chi connectivity index (χ1) is 11.6. The first kappa shape index (κ1) is 14.8. The Morgan fingerprint density at radius 2 is 1.79 bits per heavy atom. The number of nitrogens with zero attached hydrogens (tertiary/aromatic N) is 2. The number of para-hydroxylation sites is 1. The average Bonchev–Trinajstić information content (AvgIpc) is 3.02. The molecule has 0 saturated carbocycles. The number of benzene rings is 2. The zero-order valence-corrected chi connectivity index (χ0v) is 14.3. The Kier molecular flexibility index (Phi) is 3.54. The van der Waals surface area contributed by atoms with Crippen molar-refractivity contribution in [3.63, 3.8) is 0 Å². The van der Waals surface area contributed by atoms with Crippen molar-refractivity contribution in [1.82, 2.24) is 4.98 Å². The van der Waals surface area contributed by atoms with Crippen molar-refractivity contribution in [3.8, 4) is 0 Å². The van der Waals surface area contributed by atoms with Crippen molar-refractivity contribution >= 4 is 44.1 Å². The molecule has 0 spiro atoms. The number of amides is 1. The second kappa shape index (κ2) is 5.73. The number of carbonyl (C=O) groups is 1. The summed E-state index contributed by atoms with van der Waals surface area (Å²) in [5.74, 6) is -0.00978. The number of pyridine rings is 1. The molecule has 1 amide bonds. The first-order valence-corrected chi connectivity index (χ1v) is 8.57. The van der Waals surface area contributed by atoms with E-state index in [9.17, 15) is 4.79 Å². The maximum atomic E-state index is 12.8. The number of anilines is 1. The van der Waals surface area contributed by atoms with Crippen LogP contribution in [0.4, 0.5) is 5.69 Å². The highest BCUT2D eigenvalue weighted by Crippen LogP contribution is 2.29. The zero-order chi connectivity index (χ0) is 16.7. The van der Waals surface area contributed by atoms with Crippen molar-refractivity contribution < 1.29 is 4.79 Å². The molecule has 0 bridgehead atoms. The topological polar surface area (TPSA) is 33.2 Å². The lowest BCUT2D eigenvalue weighted by molar-refractivity contribution is 0.0997. The summed E-state index contributed by atoms with van der Waals surface area (Å²) >= 11 is 1.45. The van der Waals surface area contributed by atoms with Crippen LogP contribution in [0.25, 0.3) is 21.1 Å². The van der Waals surface area contributed by atoms with Crippen LogP contribution >= 0.6 is 11.3 Å². The van der Waals surface area contributed by atoms with Gasteiger partial charge in [0.1, 0.15) is 4.83 Å². The molecule has 3 nitrogen and oxygen atoms in total. The van der Waals surface area contributed by atoms with Crippen LogP contribution in [0.2, 0.25) is 0 Å². The van der Waals surface area contributed by atoms with Crippen LogP contribution in [0, 0.1) is 6.92 Å². The Morgan fingerprint density at radius 3 is 2.58 bits per heavy atom. The lowest BCUT2D eigenvalue weighted by Gasteiger charge is -2.15. The number of rotatable bonds is 2. The molecule has 4 rings (SSSR count). The molecule has 2 aromatic heterocycles. The van der Waals surface area contributed by atoms with E-state index in [4.69, 9.17) is 4.98 Å². The van der Waals surface area contributed by atoms with Gasteiger partial charge in [-0.15, -0.1) is 11.3 Å². The Hall–Kier alpha value is -2.72. The van der Waals surface area contributed by atoms with Gasteiger partial charge in [-0.25, -0.2) is 4.98 Å². The van der Waals surface area contributed by atoms with Gasteiger partial charge in [0.15, 0.2) is 0 Å². The highest BCUT2D eigenvalue weighted by atomic mass is 32.1. The summed E-state index contributed by atoms with van der Waals surface area (Å²) in [4.78, 5) is 20.8. The second-order valence-electron chi connectivity index (χ2n) is 5.89. The molecule has 4 heteroatoms. The van der Waals surface area contributed by atoms with Crippen LogP contribution in [0.3, 0.4) is 0 Å². The molecule has 2 aromatic carbocycles. The van der Waals surface area contributed by atoms with E-state index >= 15 is 0 Å². The smallest absolute Gasteiger partial charge is 0.268 e. The third-order valence-corrected chi connectivity index (χ3v) is 5.15. The summed E-state index contributed by atoms with van der Waals surface area (Å²) in [6.45, 7) is 2.06. The van der Waals surface area contributed by atoms with Gasteiger partial charge in [0.2, 0.25) is 0 Å². The molecule has 0 fully saturated rings. The third-order valence-electron chi connectivity index (χ3n) is 4.12. The SMILES string of the molecule is Cc1ccc2cc3cc(C(=O)N(C)c4ccccc4)sc3nc2c1. The summed E-state index contributed by atoms with van der Waals surface area (Å²) in [5.41, 5.74) is 3.04. The molecule has 0 aliphatic carbocycles. The van der Waals surface area contributed by atoms with Crippen LogP contribution in [0.15, 0.2) is 60.7 Å². The molecule has 24 heavy (non-hydrogen) atoms. The summed E-state index contributed by atoms with van der Waals surface area (Å²) in [6.07, 6.45) is 0. The van der Waals surface area contributed by atoms with Crippen molar-refractivity contribution in [2.45, 2.75) is 6.92 Å². The summed E-state index contributed by atoms with van der Waals surface area (Å²) in [7, 11) is 1.80. The van der Waals surface area contributed by atoms with E-state index in [1.54, 1.807) is 11.9 Å². The first-order valence-electron chi connectivity index (χ1n) is 7.76. The van der Waals surface area contributed by atoms with Gasteiger partial charge < -0.3 is 4.90 Å². The maximum absolute atomic E-state index is 12.8. The fraction of sp³-hybridized carbons (Fsp3) is 0.100. The number of fused-ring (bicyclic) bond motifs is 2. The molecule has 0 atom stereocenters. The standard InChI is InChI=1S/C20H16N2OS/c1-13-8-9-14-11-15-12-18(24-19(15)21-17(14)10-13)20(23)22(2)16-6-4-3-5-7-16/h3-12H,1-2H3. The van der Waals surface area contributed by atoms with Gasteiger partial charge in [0.25, 0.3) is 5.91 Å². The van der Waals surface area contributed by atoms with E-state index in [1.807, 2.05) is 36.4 Å². The number of hydrogen-bond acceptors (Lipinski definition) is 3. The fourth-order valence-corrected chi connectivity index (χ4v) is 3.77. The molecule has 0 aliphatic rings. The molecule has 0 radical (unpaired) electrons. The molecular weight excluding hydrogens is 316 g/mol. The van der Waals surface area contributed by atoms with Gasteiger partial charge in [0, 0.05) is 23.5 Å². The van der Waals surface area contributed by atoms with Gasteiger partial charge in [-0.3, -0.25) is 4.79 Å². The molecule has 2 heterocycles. The van der Waals surface area contributed by atoms with Crippen LogP contribution in [-0.2, 0) is 0 Å². The lowest BCUT2D eigenvalue weighted by Crippen LogP contribution is -2.25. The van der Waals surface area contributed by atoms with Gasteiger partial charge >= 0.3 is 0 Å². The van der Waals surface area contributed by atoms with Gasteiger partial charge in [-0.2, -0.15) is 0 Å². The predicted molar refractivity (Wildman–Crippen MR) is 101 cm³/mol. The Bertz CT molecular complexity index is 1050. The Labute approximate surface area is 144 Å². The molecule has 0 unspecified atom stereocenters. The minimum absolute atomic E-state index is 0.00978. The quantitative estimate of drug-likeness (QED) is 0.515. The van der Waals surface area contributed by atoms with Crippen LogP contribution in [0.1, 0.15) is 15.2 Å². The molecule has 4 aromatic rings. The summed E-state index contributed by atoms with van der Waals surface area (Å²) in [5, 5.41) is 2.11. The number of aryl methyl sites for hydroxylation is 1. The minimum Gasteiger partial charge on any atom is -0.311 e. The minimum atomic E-state index is -0.00978. The van der Waals surface area contributed by atoms with Crippen LogP contribution in [-0.4, -0.2) is 17.9 Å². The monoisotopic (exact) mass is 332 g/mol. The van der Waals surface area contributed by atoms with Crippen molar-refractivity contribution in [2.24, 2.45) is 0 Å². The van der Waals surface area contributed by atoms with Gasteiger partial charge in [-0.05, 0) is 42.8 Å². The Balaban J connectivity index is 1.77. The second-order valence-corrected chi connectivity index (χ2v) is 6.92. The van der Waals surface area contributed by atoms with Crippen molar-refractivity contribution in [3.05, 3.63) is 71.1 Å². The molecule has 0 saturated heterocycles. The van der Waals surface area contributed by atoms with E-state index in [0.29, 0.717) is 4.88 Å². The van der Waals surface area contributed by atoms with E-state index < -0.39 is 0 Å². The zero-order valence-electron chi connectivity index (χ0n) is 13.5. The van der Waals surface area contributed by atoms with E-state index in [2.05, 4.69) is 31.2 Å². The van der Waals surface area contributed by atoms with E-state index in [0.717, 1.165) is 26.8 Å². The molecule has 0 N–H and O–H groups in total. The maximum Gasteiger partial charge on any atom is 0.268 e. The summed E-state index contributed by atoms with van der Waals surface area (Å²) in [6, 6.07) is 19.9. The molecular formula is C20H16N2OS. The van der Waals surface area contributed by atoms with Crippen LogP contribution < -0.4 is 4.90 Å². The largest absolute Gasteiger partial charge is 0.311 e. The third kappa shape index (κ3) is 2.55. The highest BCUT2D eigenvalue weighted by molar-refractivity contribution is 7.20. The number of carbonyl (C=O) groups excluding carboxylic acids is 1. The van der Waals surface area contributed by atoms with Gasteiger partial charge in [-0.1, -0.05) is 30.3 Å². The average molecular weight is 332 g/mol. The Morgan fingerprint density at radius 1 is 1.00 bits per heavy atom. The van der Waals surface area contributed by atoms with Crippen molar-refractivity contribution in [2.75, 3.05) is 11.9 Å². The van der Waals surface area contributed by atoms with Crippen molar-refractivity contribution in [1.29, 1.82) is 0 Å². The normalized spacial score (nSPS) is 11.1. The van der Waals surface area contributed by atoms with Crippen LogP contribution in [0.5, 0.6) is 0 Å². The summed E-state index contributed by atoms with van der Waals surface area (Å²) < 4.78 is 0.